The van der Waals surface area contributed by atoms with E-state index in [2.05, 4.69) is 19.9 Å². The second kappa shape index (κ2) is 6.81. The maximum Gasteiger partial charge on any atom is 0.433 e. The van der Waals surface area contributed by atoms with Crippen molar-refractivity contribution < 1.29 is 13.2 Å². The molecule has 0 saturated carbocycles. The number of rotatable bonds is 3. The van der Waals surface area contributed by atoms with Crippen LogP contribution in [0.15, 0.2) is 29.6 Å². The van der Waals surface area contributed by atoms with E-state index in [0.717, 1.165) is 43.8 Å². The summed E-state index contributed by atoms with van der Waals surface area (Å²) in [6.45, 7) is 3.79. The van der Waals surface area contributed by atoms with Gasteiger partial charge in [0.05, 0.1) is 18.2 Å². The van der Waals surface area contributed by atoms with E-state index in [0.29, 0.717) is 12.6 Å². The molecule has 134 valence electrons. The van der Waals surface area contributed by atoms with Gasteiger partial charge in [0.1, 0.15) is 5.82 Å². The van der Waals surface area contributed by atoms with Gasteiger partial charge in [-0.05, 0) is 25.7 Å². The third-order valence-electron chi connectivity index (χ3n) is 4.31. The van der Waals surface area contributed by atoms with Crippen molar-refractivity contribution in [3.8, 4) is 0 Å². The minimum atomic E-state index is -4.60. The van der Waals surface area contributed by atoms with Crippen LogP contribution in [0.1, 0.15) is 24.2 Å². The van der Waals surface area contributed by atoms with E-state index in [-0.39, 0.29) is 5.92 Å². The van der Waals surface area contributed by atoms with E-state index < -0.39 is 17.4 Å². The second-order valence-electron chi connectivity index (χ2n) is 6.21. The molecule has 1 aliphatic heterocycles. The summed E-state index contributed by atoms with van der Waals surface area (Å²) in [6, 6.07) is 0.553. The first-order valence-corrected chi connectivity index (χ1v) is 8.00. The minimum absolute atomic E-state index is 0.213. The second-order valence-corrected chi connectivity index (χ2v) is 6.21. The van der Waals surface area contributed by atoms with Crippen LogP contribution in [0.25, 0.3) is 0 Å². The molecule has 0 unspecified atom stereocenters. The molecule has 3 rings (SSSR count). The SMILES string of the molecule is Cc1cncc(N2CCC(Cn3cnc(C(F)(F)F)cc3=O)CC2)n1. The van der Waals surface area contributed by atoms with E-state index in [4.69, 9.17) is 0 Å². The molecule has 0 spiro atoms. The van der Waals surface area contributed by atoms with Crippen LogP contribution in [-0.2, 0) is 12.7 Å². The van der Waals surface area contributed by atoms with Crippen molar-refractivity contribution in [3.63, 3.8) is 0 Å². The number of alkyl halides is 3. The van der Waals surface area contributed by atoms with Gasteiger partial charge < -0.3 is 4.90 Å². The minimum Gasteiger partial charge on any atom is -0.355 e. The van der Waals surface area contributed by atoms with Gasteiger partial charge in [0.2, 0.25) is 0 Å². The lowest BCUT2D eigenvalue weighted by Gasteiger charge is -2.32. The van der Waals surface area contributed by atoms with Gasteiger partial charge in [-0.3, -0.25) is 14.3 Å². The van der Waals surface area contributed by atoms with Crippen molar-refractivity contribution in [3.05, 3.63) is 46.5 Å². The Labute approximate surface area is 142 Å². The molecule has 0 amide bonds. The Morgan fingerprint density at radius 2 is 1.96 bits per heavy atom. The fourth-order valence-electron chi connectivity index (χ4n) is 2.94. The molecule has 0 N–H and O–H groups in total. The Kier molecular flexibility index (Phi) is 4.73. The van der Waals surface area contributed by atoms with Gasteiger partial charge in [-0.1, -0.05) is 0 Å². The van der Waals surface area contributed by atoms with Crippen molar-refractivity contribution in [2.45, 2.75) is 32.5 Å². The zero-order chi connectivity index (χ0) is 18.0. The fraction of sp³-hybridized carbons (Fsp3) is 0.500. The highest BCUT2D eigenvalue weighted by Gasteiger charge is 2.33. The topological polar surface area (TPSA) is 63.9 Å². The van der Waals surface area contributed by atoms with Gasteiger partial charge in [0.25, 0.3) is 5.56 Å². The summed E-state index contributed by atoms with van der Waals surface area (Å²) in [5.41, 5.74) is -0.974. The Morgan fingerprint density at radius 1 is 1.24 bits per heavy atom. The Bertz CT molecular complexity index is 797. The number of aryl methyl sites for hydroxylation is 1. The first-order chi connectivity index (χ1) is 11.8. The van der Waals surface area contributed by atoms with Gasteiger partial charge in [-0.25, -0.2) is 9.97 Å². The van der Waals surface area contributed by atoms with E-state index in [9.17, 15) is 18.0 Å². The van der Waals surface area contributed by atoms with Crippen LogP contribution >= 0.6 is 0 Å². The van der Waals surface area contributed by atoms with Crippen molar-refractivity contribution in [2.75, 3.05) is 18.0 Å². The van der Waals surface area contributed by atoms with Gasteiger partial charge in [-0.2, -0.15) is 13.2 Å². The molecule has 0 bridgehead atoms. The highest BCUT2D eigenvalue weighted by molar-refractivity contribution is 5.36. The Hall–Kier alpha value is -2.45. The zero-order valence-electron chi connectivity index (χ0n) is 13.7. The van der Waals surface area contributed by atoms with E-state index >= 15 is 0 Å². The van der Waals surface area contributed by atoms with Crippen LogP contribution < -0.4 is 10.5 Å². The predicted octanol–water partition coefficient (Wildman–Crippen LogP) is 2.28. The molecule has 2 aromatic heterocycles. The average molecular weight is 353 g/mol. The number of anilines is 1. The maximum absolute atomic E-state index is 12.6. The molecule has 3 heterocycles. The largest absolute Gasteiger partial charge is 0.433 e. The van der Waals surface area contributed by atoms with Crippen molar-refractivity contribution in [1.82, 2.24) is 19.5 Å². The Morgan fingerprint density at radius 3 is 2.56 bits per heavy atom. The van der Waals surface area contributed by atoms with Crippen LogP contribution in [0.4, 0.5) is 19.0 Å². The molecule has 0 radical (unpaired) electrons. The number of nitrogens with zero attached hydrogens (tertiary/aromatic N) is 5. The lowest BCUT2D eigenvalue weighted by atomic mass is 9.97. The molecule has 0 atom stereocenters. The molecular formula is C16H18F3N5O. The summed E-state index contributed by atoms with van der Waals surface area (Å²) in [5, 5.41) is 0. The first kappa shape index (κ1) is 17.4. The lowest BCUT2D eigenvalue weighted by Crippen LogP contribution is -2.37. The van der Waals surface area contributed by atoms with Crippen LogP contribution in [-0.4, -0.2) is 32.6 Å². The number of hydrogen-bond acceptors (Lipinski definition) is 5. The smallest absolute Gasteiger partial charge is 0.355 e. The number of halogens is 3. The van der Waals surface area contributed by atoms with E-state index in [1.807, 2.05) is 6.92 Å². The van der Waals surface area contributed by atoms with Crippen molar-refractivity contribution in [2.24, 2.45) is 5.92 Å². The van der Waals surface area contributed by atoms with Crippen LogP contribution in [0.5, 0.6) is 0 Å². The van der Waals surface area contributed by atoms with Gasteiger partial charge in [0, 0.05) is 31.9 Å². The van der Waals surface area contributed by atoms with E-state index in [1.165, 1.54) is 4.57 Å². The van der Waals surface area contributed by atoms with Crippen LogP contribution in [0, 0.1) is 12.8 Å². The summed E-state index contributed by atoms with van der Waals surface area (Å²) in [6.07, 6.45) is 1.45. The summed E-state index contributed by atoms with van der Waals surface area (Å²) in [7, 11) is 0. The number of hydrogen-bond donors (Lipinski definition) is 0. The normalized spacial score (nSPS) is 16.2. The average Bonchev–Trinajstić information content (AvgIpc) is 2.56. The molecule has 0 aromatic carbocycles. The highest BCUT2D eigenvalue weighted by Crippen LogP contribution is 2.26. The molecule has 1 fully saturated rings. The number of piperidine rings is 1. The van der Waals surface area contributed by atoms with Crippen LogP contribution in [0.2, 0.25) is 0 Å². The Balaban J connectivity index is 1.62. The fourth-order valence-corrected chi connectivity index (χ4v) is 2.94. The molecule has 6 nitrogen and oxygen atoms in total. The van der Waals surface area contributed by atoms with E-state index in [1.54, 1.807) is 12.4 Å². The van der Waals surface area contributed by atoms with Crippen molar-refractivity contribution >= 4 is 5.82 Å². The highest BCUT2D eigenvalue weighted by atomic mass is 19.4. The standard InChI is InChI=1S/C16H18F3N5O/c1-11-7-20-8-14(22-11)23-4-2-12(3-5-23)9-24-10-21-13(6-15(24)25)16(17,18)19/h6-8,10,12H,2-5,9H2,1H3. The quantitative estimate of drug-likeness (QED) is 0.847. The summed E-state index contributed by atoms with van der Waals surface area (Å²) in [4.78, 5) is 25.9. The molecule has 1 saturated heterocycles. The van der Waals surface area contributed by atoms with Gasteiger partial charge >= 0.3 is 6.18 Å². The van der Waals surface area contributed by atoms with Crippen LogP contribution in [0.3, 0.4) is 0 Å². The first-order valence-electron chi connectivity index (χ1n) is 8.00. The van der Waals surface area contributed by atoms with Gasteiger partial charge in [-0.15, -0.1) is 0 Å². The molecule has 1 aliphatic rings. The summed E-state index contributed by atoms with van der Waals surface area (Å²) >= 11 is 0. The summed E-state index contributed by atoms with van der Waals surface area (Å²) < 4.78 is 38.9. The monoisotopic (exact) mass is 353 g/mol. The molecular weight excluding hydrogens is 335 g/mol. The van der Waals surface area contributed by atoms with Crippen molar-refractivity contribution in [1.29, 1.82) is 0 Å². The predicted molar refractivity (Wildman–Crippen MR) is 85.2 cm³/mol. The third kappa shape index (κ3) is 4.15. The lowest BCUT2D eigenvalue weighted by molar-refractivity contribution is -0.141. The molecule has 2 aromatic rings. The molecule has 9 heteroatoms. The maximum atomic E-state index is 12.6. The molecule has 0 aliphatic carbocycles. The zero-order valence-corrected chi connectivity index (χ0v) is 13.7. The number of aromatic nitrogens is 4. The summed E-state index contributed by atoms with van der Waals surface area (Å²) in [5.74, 6) is 1.04. The molecule has 25 heavy (non-hydrogen) atoms. The third-order valence-corrected chi connectivity index (χ3v) is 4.31. The van der Waals surface area contributed by atoms with Gasteiger partial charge in [0.15, 0.2) is 5.69 Å².